The normalized spacial score (nSPS) is 27.1. The van der Waals surface area contributed by atoms with Crippen LogP contribution in [0, 0.1) is 5.92 Å². The van der Waals surface area contributed by atoms with Gasteiger partial charge >= 0.3 is 0 Å². The summed E-state index contributed by atoms with van der Waals surface area (Å²) in [6, 6.07) is 1.11. The molecule has 23 heavy (non-hydrogen) atoms. The number of nitrogens with zero attached hydrogens (tertiary/aromatic N) is 2. The molecule has 3 atom stereocenters. The zero-order valence-corrected chi connectivity index (χ0v) is 15.5. The predicted octanol–water partition coefficient (Wildman–Crippen LogP) is 2.23. The van der Waals surface area contributed by atoms with Gasteiger partial charge in [-0.05, 0) is 52.0 Å². The van der Waals surface area contributed by atoms with Crippen LogP contribution >= 0.6 is 0 Å². The first-order valence-electron chi connectivity index (χ1n) is 9.49. The Kier molecular flexibility index (Phi) is 7.63. The summed E-state index contributed by atoms with van der Waals surface area (Å²) < 4.78 is 6.00. The zero-order chi connectivity index (χ0) is 16.7. The molecule has 2 aliphatic rings. The Bertz CT molecular complexity index is 372. The van der Waals surface area contributed by atoms with Crippen molar-refractivity contribution in [1.29, 1.82) is 0 Å². The van der Waals surface area contributed by atoms with Crippen molar-refractivity contribution in [3.05, 3.63) is 0 Å². The Morgan fingerprint density at radius 1 is 1.30 bits per heavy atom. The summed E-state index contributed by atoms with van der Waals surface area (Å²) in [6.45, 7) is 13.7. The van der Waals surface area contributed by atoms with Gasteiger partial charge in [0.2, 0.25) is 0 Å². The number of hydrogen-bond acceptors (Lipinski definition) is 3. The fourth-order valence-corrected chi connectivity index (χ4v) is 3.40. The van der Waals surface area contributed by atoms with E-state index in [9.17, 15) is 0 Å². The summed E-state index contributed by atoms with van der Waals surface area (Å²) in [7, 11) is 0. The summed E-state index contributed by atoms with van der Waals surface area (Å²) in [5.74, 6) is 1.68. The van der Waals surface area contributed by atoms with E-state index in [1.54, 1.807) is 0 Å². The second-order valence-corrected chi connectivity index (χ2v) is 7.48. The molecular formula is C18H36N4O. The Labute approximate surface area is 142 Å². The minimum absolute atomic E-state index is 0.241. The van der Waals surface area contributed by atoms with Crippen LogP contribution in [0.15, 0.2) is 4.99 Å². The lowest BCUT2D eigenvalue weighted by atomic mass is 10.0. The van der Waals surface area contributed by atoms with Crippen molar-refractivity contribution in [2.24, 2.45) is 10.9 Å². The fraction of sp³-hybridized carbons (Fsp3) is 0.944. The topological polar surface area (TPSA) is 48.9 Å². The largest absolute Gasteiger partial charge is 0.373 e. The van der Waals surface area contributed by atoms with Crippen LogP contribution < -0.4 is 10.6 Å². The van der Waals surface area contributed by atoms with Crippen molar-refractivity contribution in [3.8, 4) is 0 Å². The van der Waals surface area contributed by atoms with Gasteiger partial charge in [-0.1, -0.05) is 13.8 Å². The van der Waals surface area contributed by atoms with Gasteiger partial charge in [0.1, 0.15) is 0 Å². The maximum atomic E-state index is 6.00. The summed E-state index contributed by atoms with van der Waals surface area (Å²) in [5, 5.41) is 6.89. The molecule has 2 aliphatic heterocycles. The molecule has 2 heterocycles. The van der Waals surface area contributed by atoms with E-state index < -0.39 is 0 Å². The number of ether oxygens (including phenoxy) is 1. The van der Waals surface area contributed by atoms with Gasteiger partial charge in [0.05, 0.1) is 19.3 Å². The van der Waals surface area contributed by atoms with E-state index >= 15 is 0 Å². The highest BCUT2D eigenvalue weighted by Gasteiger charge is 2.31. The number of hydrogen-bond donors (Lipinski definition) is 2. The second kappa shape index (κ2) is 9.48. The molecule has 2 N–H and O–H groups in total. The Balaban J connectivity index is 1.78. The minimum atomic E-state index is 0.241. The van der Waals surface area contributed by atoms with Crippen molar-refractivity contribution in [2.45, 2.75) is 71.6 Å². The van der Waals surface area contributed by atoms with Crippen molar-refractivity contribution in [1.82, 2.24) is 15.5 Å². The Morgan fingerprint density at radius 2 is 2.13 bits per heavy atom. The lowest BCUT2D eigenvalue weighted by Crippen LogP contribution is -2.48. The highest BCUT2D eigenvalue weighted by Crippen LogP contribution is 2.22. The molecule has 5 nitrogen and oxygen atoms in total. The third kappa shape index (κ3) is 6.30. The maximum absolute atomic E-state index is 6.00. The molecule has 0 aliphatic carbocycles. The molecule has 0 saturated carbocycles. The van der Waals surface area contributed by atoms with E-state index in [2.05, 4.69) is 43.2 Å². The molecule has 0 aromatic rings. The average Bonchev–Trinajstić information content (AvgIpc) is 2.98. The minimum Gasteiger partial charge on any atom is -0.373 e. The first-order valence-corrected chi connectivity index (χ1v) is 9.49. The van der Waals surface area contributed by atoms with Gasteiger partial charge in [0.15, 0.2) is 5.96 Å². The number of aliphatic imine (C=N–C) groups is 1. The molecule has 2 rings (SSSR count). The summed E-state index contributed by atoms with van der Waals surface area (Å²) in [5.41, 5.74) is 0. The van der Waals surface area contributed by atoms with Crippen LogP contribution in [0.1, 0.15) is 53.4 Å². The summed E-state index contributed by atoms with van der Waals surface area (Å²) in [6.07, 6.45) is 5.29. The van der Waals surface area contributed by atoms with Gasteiger partial charge in [0.25, 0.3) is 0 Å². The lowest BCUT2D eigenvalue weighted by molar-refractivity contribution is -0.0432. The van der Waals surface area contributed by atoms with E-state index in [4.69, 9.17) is 9.73 Å². The van der Waals surface area contributed by atoms with Gasteiger partial charge in [-0.15, -0.1) is 0 Å². The van der Waals surface area contributed by atoms with Gasteiger partial charge in [-0.3, -0.25) is 9.89 Å². The molecule has 0 radical (unpaired) electrons. The first kappa shape index (κ1) is 18.5. The number of morpholine rings is 1. The van der Waals surface area contributed by atoms with Crippen molar-refractivity contribution in [2.75, 3.05) is 32.8 Å². The molecule has 0 aromatic carbocycles. The lowest BCUT2D eigenvalue weighted by Gasteiger charge is -2.34. The van der Waals surface area contributed by atoms with Gasteiger partial charge in [-0.25, -0.2) is 0 Å². The maximum Gasteiger partial charge on any atom is 0.191 e. The number of guanidine groups is 1. The molecule has 134 valence electrons. The third-order valence-corrected chi connectivity index (χ3v) is 4.82. The highest BCUT2D eigenvalue weighted by atomic mass is 16.5. The molecule has 2 fully saturated rings. The molecule has 2 saturated heterocycles. The monoisotopic (exact) mass is 324 g/mol. The van der Waals surface area contributed by atoms with E-state index in [-0.39, 0.29) is 6.10 Å². The van der Waals surface area contributed by atoms with Crippen LogP contribution in [0.2, 0.25) is 0 Å². The molecule has 0 spiro atoms. The van der Waals surface area contributed by atoms with Crippen LogP contribution in [0.5, 0.6) is 0 Å². The third-order valence-electron chi connectivity index (χ3n) is 4.82. The van der Waals surface area contributed by atoms with Crippen LogP contribution in [-0.4, -0.2) is 61.8 Å². The standard InChI is InChI=1S/C18H36N4O/c1-5-19-18(21-15(4)9-8-14(2)3)20-11-17-12-22-10-6-7-16(22)13-23-17/h14-17H,5-13H2,1-4H3,(H2,19,20,21). The van der Waals surface area contributed by atoms with Gasteiger partial charge < -0.3 is 15.4 Å². The fourth-order valence-electron chi connectivity index (χ4n) is 3.40. The van der Waals surface area contributed by atoms with Crippen LogP contribution in [0.25, 0.3) is 0 Å². The van der Waals surface area contributed by atoms with Crippen LogP contribution in [0.4, 0.5) is 0 Å². The highest BCUT2D eigenvalue weighted by molar-refractivity contribution is 5.80. The Morgan fingerprint density at radius 3 is 2.87 bits per heavy atom. The number of rotatable bonds is 7. The molecule has 0 amide bonds. The number of fused-ring (bicyclic) bond motifs is 1. The quantitative estimate of drug-likeness (QED) is 0.557. The van der Waals surface area contributed by atoms with Crippen LogP contribution in [0.3, 0.4) is 0 Å². The first-order chi connectivity index (χ1) is 11.1. The Hall–Kier alpha value is -0.810. The van der Waals surface area contributed by atoms with Crippen LogP contribution in [-0.2, 0) is 4.74 Å². The van der Waals surface area contributed by atoms with Crippen molar-refractivity contribution < 1.29 is 4.74 Å². The van der Waals surface area contributed by atoms with E-state index in [1.807, 2.05) is 0 Å². The molecule has 0 aromatic heterocycles. The smallest absolute Gasteiger partial charge is 0.191 e. The predicted molar refractivity (Wildman–Crippen MR) is 97.0 cm³/mol. The molecule has 3 unspecified atom stereocenters. The molecule has 5 heteroatoms. The van der Waals surface area contributed by atoms with E-state index in [0.717, 1.165) is 38.1 Å². The van der Waals surface area contributed by atoms with E-state index in [1.165, 1.54) is 32.2 Å². The SMILES string of the molecule is CCNC(=NCC1CN2CCCC2CO1)NC(C)CCC(C)C. The van der Waals surface area contributed by atoms with E-state index in [0.29, 0.717) is 12.1 Å². The zero-order valence-electron chi connectivity index (χ0n) is 15.5. The molecule has 0 bridgehead atoms. The average molecular weight is 325 g/mol. The van der Waals surface area contributed by atoms with Crippen molar-refractivity contribution >= 4 is 5.96 Å². The number of nitrogens with one attached hydrogen (secondary N) is 2. The second-order valence-electron chi connectivity index (χ2n) is 7.48. The summed E-state index contributed by atoms with van der Waals surface area (Å²) >= 11 is 0. The van der Waals surface area contributed by atoms with Gasteiger partial charge in [0, 0.05) is 25.2 Å². The van der Waals surface area contributed by atoms with Crippen molar-refractivity contribution in [3.63, 3.8) is 0 Å². The molecular weight excluding hydrogens is 288 g/mol. The van der Waals surface area contributed by atoms with Gasteiger partial charge in [-0.2, -0.15) is 0 Å². The summed E-state index contributed by atoms with van der Waals surface area (Å²) in [4.78, 5) is 7.34.